The van der Waals surface area contributed by atoms with Crippen molar-refractivity contribution in [1.82, 2.24) is 0 Å². The number of anilines is 2. The largest absolute Gasteiger partial charge is 0 e. The molecule has 1 aromatic rings. The summed E-state index contributed by atoms with van der Waals surface area (Å²) in [6.45, 7) is 43.4. The van der Waals surface area contributed by atoms with E-state index < -0.39 is 27.5 Å². The Bertz CT molecular complexity index is 821. The maximum Gasteiger partial charge on any atom is 0 e. The fourth-order valence-electron chi connectivity index (χ4n) is 5.07. The van der Waals surface area contributed by atoms with Crippen LogP contribution in [0.5, 0.6) is 0 Å². The van der Waals surface area contributed by atoms with Crippen LogP contribution in [-0.2, 0) is 35.0 Å². The Balaban J connectivity index is -0.00000163. The minimum atomic E-state index is -0.870. The van der Waals surface area contributed by atoms with Gasteiger partial charge in [0.1, 0.15) is 12.6 Å². The molecule has 0 saturated carbocycles. The van der Waals surface area contributed by atoms with E-state index in [0.717, 1.165) is 23.9 Å². The number of nitrogens with zero attached hydrogens (tertiary/aromatic N) is 2. The van der Waals surface area contributed by atoms with Crippen LogP contribution in [0.3, 0.4) is 0 Å². The summed E-state index contributed by atoms with van der Waals surface area (Å²) in [5.41, 5.74) is 1.61. The van der Waals surface area contributed by atoms with E-state index in [1.54, 1.807) is 0 Å². The molecule has 38 heavy (non-hydrogen) atoms. The van der Waals surface area contributed by atoms with Crippen molar-refractivity contribution >= 4 is 27.2 Å². The molecule has 0 atom stereocenters. The summed E-state index contributed by atoms with van der Waals surface area (Å²) in [6.07, 6.45) is 1.75. The van der Waals surface area contributed by atoms with Crippen molar-refractivity contribution in [1.29, 1.82) is 0 Å². The Hall–Kier alpha value is -0.552. The first-order chi connectivity index (χ1) is 16.7. The van der Waals surface area contributed by atoms with Gasteiger partial charge in [0.25, 0.3) is 0 Å². The van der Waals surface area contributed by atoms with E-state index in [1.807, 2.05) is 0 Å². The number of fused-ring (bicyclic) bond motifs is 1. The minimum absolute atomic E-state index is 0. The van der Waals surface area contributed by atoms with Gasteiger partial charge >= 0.3 is 33.9 Å². The van der Waals surface area contributed by atoms with Crippen LogP contribution in [0.4, 0.5) is 20.2 Å². The predicted molar refractivity (Wildman–Crippen MR) is 153 cm³/mol. The van der Waals surface area contributed by atoms with Crippen molar-refractivity contribution in [3.05, 3.63) is 50.4 Å². The molecule has 0 amide bonds. The van der Waals surface area contributed by atoms with Gasteiger partial charge in [0.2, 0.25) is 0 Å². The summed E-state index contributed by atoms with van der Waals surface area (Å²) in [5, 5.41) is 0.757. The average Bonchev–Trinajstić information content (AvgIpc) is 3.08. The van der Waals surface area contributed by atoms with Crippen LogP contribution >= 0.6 is 15.8 Å². The Morgan fingerprint density at radius 3 is 1.00 bits per heavy atom. The fourth-order valence-corrected chi connectivity index (χ4v) is 12.7. The zero-order chi connectivity index (χ0) is 30.2. The molecule has 0 N–H and O–H groups in total. The minimum Gasteiger partial charge on any atom is 0 e. The molecule has 10 heteroatoms. The van der Waals surface area contributed by atoms with E-state index >= 15 is 0 Å². The fraction of sp³-hybridized carbons (Fsp3) is 0.643. The molecule has 214 valence electrons. The topological polar surface area (TPSA) is 66.2 Å². The van der Waals surface area contributed by atoms with Crippen molar-refractivity contribution in [2.45, 2.75) is 104 Å². The first-order valence-electron chi connectivity index (χ1n) is 11.9. The van der Waals surface area contributed by atoms with Crippen molar-refractivity contribution in [2.24, 2.45) is 0 Å². The SMILES string of the molecule is CC(C)(C)[PH+](CN1[CH-]N(C[PH+](C(C)(C)C)C(C)(C)C)c2cc(F)c(F)cc21)C(C)(C)C.[C-]#[O+].[C-]#[O+].[C-]#[O+].[Mo]. The van der Waals surface area contributed by atoms with Gasteiger partial charge in [0, 0.05) is 48.3 Å². The normalized spacial score (nSPS) is 13.2. The van der Waals surface area contributed by atoms with Gasteiger partial charge in [-0.05, 0) is 95.2 Å². The summed E-state index contributed by atoms with van der Waals surface area (Å²) >= 11 is 0. The van der Waals surface area contributed by atoms with Gasteiger partial charge in [0.05, 0.1) is 20.6 Å². The Morgan fingerprint density at radius 1 is 0.605 bits per heavy atom. The van der Waals surface area contributed by atoms with Gasteiger partial charge in [-0.15, -0.1) is 6.67 Å². The third-order valence-corrected chi connectivity index (χ3v) is 14.7. The van der Waals surface area contributed by atoms with E-state index in [-0.39, 0.29) is 41.7 Å². The Morgan fingerprint density at radius 2 is 0.816 bits per heavy atom. The standard InChI is InChI=1S/C25H43F2N2P2.3CO.Mo/c1-22(2,3)30(23(4,5)6)16-28-15-29(17-31(24(7,8)9)25(10,11)12)21-14-19(27)18(26)13-20(21)28;3*1-2;/h13-15H,16-17H2,1-12H3;;;;/q-1;;;;/p+2. The quantitative estimate of drug-likeness (QED) is 0.143. The number of halogens is 2. The molecule has 0 fully saturated rings. The van der Waals surface area contributed by atoms with Crippen LogP contribution < -0.4 is 9.80 Å². The summed E-state index contributed by atoms with van der Waals surface area (Å²) in [4.78, 5) is 4.40. The molecule has 1 heterocycles. The van der Waals surface area contributed by atoms with Crippen molar-refractivity contribution in [3.63, 3.8) is 0 Å². The molecule has 0 bridgehead atoms. The van der Waals surface area contributed by atoms with E-state index in [0.29, 0.717) is 0 Å². The van der Waals surface area contributed by atoms with Crippen LogP contribution in [0.1, 0.15) is 83.1 Å². The van der Waals surface area contributed by atoms with E-state index in [4.69, 9.17) is 14.0 Å². The molecule has 0 spiro atoms. The molecule has 1 aliphatic rings. The smallest absolute Gasteiger partial charge is 0 e. The van der Waals surface area contributed by atoms with Gasteiger partial charge in [-0.3, -0.25) is 0 Å². The first-order valence-corrected chi connectivity index (χ1v) is 15.4. The number of benzene rings is 1. The molecule has 5 nitrogen and oxygen atoms in total. The average molecular weight is 654 g/mol. The second kappa shape index (κ2) is 16.6. The third-order valence-electron chi connectivity index (χ3n) is 6.19. The molecule has 1 aliphatic heterocycles. The molecule has 0 aliphatic carbocycles. The molecule has 0 aromatic heterocycles. The van der Waals surface area contributed by atoms with E-state index in [9.17, 15) is 8.78 Å². The second-order valence-electron chi connectivity index (χ2n) is 13.1. The van der Waals surface area contributed by atoms with Gasteiger partial charge in [-0.25, -0.2) is 8.78 Å². The molecule has 1 aromatic carbocycles. The Kier molecular flexibility index (Phi) is 18.4. The summed E-state index contributed by atoms with van der Waals surface area (Å²) in [7, 11) is -1.74. The number of hydrogen-bond donors (Lipinski definition) is 0. The van der Waals surface area contributed by atoms with Crippen molar-refractivity contribution in [3.8, 4) is 0 Å². The maximum atomic E-state index is 14.3. The Labute approximate surface area is 246 Å². The zero-order valence-electron chi connectivity index (χ0n) is 24.9. The molecule has 2 rings (SSSR count). The van der Waals surface area contributed by atoms with Crippen molar-refractivity contribution in [2.75, 3.05) is 22.4 Å². The van der Waals surface area contributed by atoms with Crippen molar-refractivity contribution < 1.29 is 43.8 Å². The molecular weight excluding hydrogens is 608 g/mol. The molecule has 0 saturated heterocycles. The van der Waals surface area contributed by atoms with Gasteiger partial charge in [-0.2, -0.15) is 0 Å². The van der Waals surface area contributed by atoms with E-state index in [1.165, 1.54) is 12.1 Å². The van der Waals surface area contributed by atoms with Gasteiger partial charge < -0.3 is 9.80 Å². The summed E-state index contributed by atoms with van der Waals surface area (Å²) in [5.74, 6) is -1.53. The van der Waals surface area contributed by atoms with Crippen LogP contribution in [0.15, 0.2) is 12.1 Å². The first kappa shape index (κ1) is 41.9. The zero-order valence-corrected chi connectivity index (χ0v) is 28.9. The number of rotatable bonds is 4. The third kappa shape index (κ3) is 11.9. The predicted octanol–water partition coefficient (Wildman–Crippen LogP) is 8.13. The second-order valence-corrected chi connectivity index (χ2v) is 21.6. The maximum absolute atomic E-state index is 14.3. The van der Waals surface area contributed by atoms with Crippen LogP contribution in [-0.4, -0.2) is 33.2 Å². The van der Waals surface area contributed by atoms with Crippen LogP contribution in [0.25, 0.3) is 0 Å². The molecular formula is C28H45F2MoN2O3P2+. The number of hydrogen-bond acceptors (Lipinski definition) is 2. The summed E-state index contributed by atoms with van der Waals surface area (Å²) < 4.78 is 51.1. The van der Waals surface area contributed by atoms with Crippen LogP contribution in [0, 0.1) is 38.3 Å². The van der Waals surface area contributed by atoms with Crippen LogP contribution in [0.2, 0.25) is 0 Å². The molecule has 0 unspecified atom stereocenters. The van der Waals surface area contributed by atoms with Gasteiger partial charge in [0.15, 0.2) is 11.6 Å². The summed E-state index contributed by atoms with van der Waals surface area (Å²) in [6, 6.07) is 2.79. The molecule has 0 radical (unpaired) electrons. The monoisotopic (exact) mass is 655 g/mol. The van der Waals surface area contributed by atoms with E-state index in [2.05, 4.69) is 120 Å². The van der Waals surface area contributed by atoms with Gasteiger partial charge in [-0.1, -0.05) is 0 Å².